The quantitative estimate of drug-likeness (QED) is 0.603. The average Bonchev–Trinajstić information content (AvgIpc) is 2.56. The van der Waals surface area contributed by atoms with Crippen LogP contribution < -0.4 is 0 Å². The van der Waals surface area contributed by atoms with Gasteiger partial charge < -0.3 is 9.47 Å². The van der Waals surface area contributed by atoms with Gasteiger partial charge in [0.1, 0.15) is 6.61 Å². The number of rotatable bonds is 6. The second-order valence-electron chi connectivity index (χ2n) is 4.42. The van der Waals surface area contributed by atoms with E-state index in [1.807, 2.05) is 30.3 Å². The lowest BCUT2D eigenvalue weighted by Gasteiger charge is -2.23. The van der Waals surface area contributed by atoms with Crippen molar-refractivity contribution in [1.82, 2.24) is 0 Å². The number of esters is 1. The van der Waals surface area contributed by atoms with Gasteiger partial charge in [0.25, 0.3) is 11.9 Å². The van der Waals surface area contributed by atoms with E-state index in [9.17, 15) is 9.59 Å². The molecule has 0 fully saturated rings. The van der Waals surface area contributed by atoms with Crippen molar-refractivity contribution in [2.45, 2.75) is 12.2 Å². The number of benzene rings is 2. The van der Waals surface area contributed by atoms with Crippen LogP contribution in [0.4, 0.5) is 0 Å². The zero-order valence-electron chi connectivity index (χ0n) is 11.6. The largest absolute Gasteiger partial charge is 0.458 e. The van der Waals surface area contributed by atoms with Crippen LogP contribution in [0.5, 0.6) is 0 Å². The lowest BCUT2D eigenvalue weighted by atomic mass is 9.95. The fraction of sp³-hybridized carbons (Fsp3) is 0.176. The van der Waals surface area contributed by atoms with Gasteiger partial charge in [0.2, 0.25) is 0 Å². The molecule has 0 aromatic heterocycles. The number of hydrogen-bond donors (Lipinski definition) is 0. The molecule has 1 atom stereocenters. The maximum atomic E-state index is 12.3. The van der Waals surface area contributed by atoms with Crippen molar-refractivity contribution in [3.05, 3.63) is 71.8 Å². The Morgan fingerprint density at radius 1 is 1.05 bits per heavy atom. The highest BCUT2D eigenvalue weighted by atomic mass is 16.6. The molecule has 0 N–H and O–H groups in total. The van der Waals surface area contributed by atoms with Gasteiger partial charge in [-0.05, 0) is 5.56 Å². The van der Waals surface area contributed by atoms with Gasteiger partial charge in [-0.25, -0.2) is 4.79 Å². The number of hydrogen-bond acceptors (Lipinski definition) is 4. The molecule has 0 aliphatic heterocycles. The van der Waals surface area contributed by atoms with Gasteiger partial charge in [0, 0.05) is 12.7 Å². The SMILES string of the molecule is COC([C]=O)(C(=O)OCc1ccccc1)c1ccccc1. The van der Waals surface area contributed by atoms with Gasteiger partial charge in [0.05, 0.1) is 0 Å². The standard InChI is InChI=1S/C17H15O4/c1-20-17(13-18,15-10-6-3-7-11-15)16(19)21-12-14-8-4-2-5-9-14/h2-11H,12H2,1H3. The number of carbonyl (C=O) groups excluding carboxylic acids is 2. The summed E-state index contributed by atoms with van der Waals surface area (Å²) >= 11 is 0. The molecule has 0 aliphatic carbocycles. The van der Waals surface area contributed by atoms with Gasteiger partial charge in [-0.2, -0.15) is 0 Å². The molecule has 1 radical (unpaired) electrons. The van der Waals surface area contributed by atoms with Crippen LogP contribution in [0.25, 0.3) is 0 Å². The summed E-state index contributed by atoms with van der Waals surface area (Å²) in [5.41, 5.74) is -0.633. The molecular weight excluding hydrogens is 268 g/mol. The molecule has 2 aromatic rings. The third-order valence-electron chi connectivity index (χ3n) is 3.13. The third kappa shape index (κ3) is 3.17. The molecule has 0 heterocycles. The zero-order chi connectivity index (χ0) is 15.1. The number of ether oxygens (including phenoxy) is 2. The average molecular weight is 283 g/mol. The van der Waals surface area contributed by atoms with Gasteiger partial charge >= 0.3 is 5.97 Å². The Kier molecular flexibility index (Phi) is 4.85. The number of methoxy groups -OCH3 is 1. The summed E-state index contributed by atoms with van der Waals surface area (Å²) in [6.07, 6.45) is 1.67. The molecule has 0 bridgehead atoms. The van der Waals surface area contributed by atoms with E-state index in [2.05, 4.69) is 0 Å². The summed E-state index contributed by atoms with van der Waals surface area (Å²) in [5.74, 6) is -0.782. The van der Waals surface area contributed by atoms with E-state index in [1.54, 1.807) is 36.6 Å². The van der Waals surface area contributed by atoms with Crippen LogP contribution in [0.1, 0.15) is 11.1 Å². The molecule has 0 saturated carbocycles. The van der Waals surface area contributed by atoms with Crippen LogP contribution in [0.3, 0.4) is 0 Å². The second-order valence-corrected chi connectivity index (χ2v) is 4.42. The van der Waals surface area contributed by atoms with Crippen LogP contribution in [0.2, 0.25) is 0 Å². The predicted molar refractivity (Wildman–Crippen MR) is 77.1 cm³/mol. The van der Waals surface area contributed by atoms with Gasteiger partial charge in [0.15, 0.2) is 0 Å². The molecule has 2 aromatic carbocycles. The van der Waals surface area contributed by atoms with Crippen molar-refractivity contribution in [3.63, 3.8) is 0 Å². The van der Waals surface area contributed by atoms with Crippen molar-refractivity contribution in [2.24, 2.45) is 0 Å². The van der Waals surface area contributed by atoms with Crippen LogP contribution in [0.15, 0.2) is 60.7 Å². The van der Waals surface area contributed by atoms with E-state index < -0.39 is 11.6 Å². The highest BCUT2D eigenvalue weighted by Crippen LogP contribution is 2.25. The van der Waals surface area contributed by atoms with Crippen LogP contribution in [0, 0.1) is 0 Å². The van der Waals surface area contributed by atoms with Gasteiger partial charge in [-0.1, -0.05) is 60.7 Å². The Labute approximate surface area is 123 Å². The maximum absolute atomic E-state index is 12.3. The Hall–Kier alpha value is -2.46. The summed E-state index contributed by atoms with van der Waals surface area (Å²) in [4.78, 5) is 23.7. The van der Waals surface area contributed by atoms with Crippen molar-refractivity contribution < 1.29 is 19.1 Å². The fourth-order valence-corrected chi connectivity index (χ4v) is 1.96. The molecule has 0 saturated heterocycles. The summed E-state index contributed by atoms with van der Waals surface area (Å²) in [5, 5.41) is 0. The highest BCUT2D eigenvalue weighted by Gasteiger charge is 2.43. The maximum Gasteiger partial charge on any atom is 0.351 e. The summed E-state index contributed by atoms with van der Waals surface area (Å²) in [7, 11) is 1.28. The van der Waals surface area contributed by atoms with Gasteiger partial charge in [-0.15, -0.1) is 0 Å². The first kappa shape index (κ1) is 14.9. The van der Waals surface area contributed by atoms with Crippen molar-refractivity contribution in [3.8, 4) is 0 Å². The van der Waals surface area contributed by atoms with E-state index >= 15 is 0 Å². The lowest BCUT2D eigenvalue weighted by Crippen LogP contribution is -2.40. The van der Waals surface area contributed by atoms with Crippen molar-refractivity contribution >= 4 is 12.3 Å². The zero-order valence-corrected chi connectivity index (χ0v) is 11.6. The van der Waals surface area contributed by atoms with E-state index in [-0.39, 0.29) is 6.61 Å². The molecule has 107 valence electrons. The minimum Gasteiger partial charge on any atom is -0.458 e. The van der Waals surface area contributed by atoms with Crippen LogP contribution in [-0.4, -0.2) is 19.4 Å². The first-order chi connectivity index (χ1) is 10.2. The minimum atomic E-state index is -1.85. The molecule has 0 spiro atoms. The van der Waals surface area contributed by atoms with Crippen LogP contribution in [-0.2, 0) is 31.3 Å². The van der Waals surface area contributed by atoms with E-state index in [0.29, 0.717) is 5.56 Å². The predicted octanol–water partition coefficient (Wildman–Crippen LogP) is 2.38. The number of carbonyl (C=O) groups is 1. The Morgan fingerprint density at radius 2 is 1.62 bits per heavy atom. The third-order valence-corrected chi connectivity index (χ3v) is 3.13. The molecular formula is C17H15O4. The van der Waals surface area contributed by atoms with E-state index in [0.717, 1.165) is 5.56 Å². The lowest BCUT2D eigenvalue weighted by molar-refractivity contribution is -0.163. The van der Waals surface area contributed by atoms with Crippen molar-refractivity contribution in [1.29, 1.82) is 0 Å². The normalized spacial score (nSPS) is 13.2. The Balaban J connectivity index is 2.18. The van der Waals surface area contributed by atoms with E-state index in [4.69, 9.17) is 9.47 Å². The monoisotopic (exact) mass is 283 g/mol. The molecule has 1 unspecified atom stereocenters. The summed E-state index contributed by atoms with van der Waals surface area (Å²) in [6.45, 7) is 0.0687. The first-order valence-electron chi connectivity index (χ1n) is 6.44. The Morgan fingerprint density at radius 3 is 2.14 bits per heavy atom. The first-order valence-corrected chi connectivity index (χ1v) is 6.44. The highest BCUT2D eigenvalue weighted by molar-refractivity contribution is 5.98. The summed E-state index contributed by atoms with van der Waals surface area (Å²) < 4.78 is 10.3. The van der Waals surface area contributed by atoms with Gasteiger partial charge in [-0.3, -0.25) is 4.79 Å². The molecule has 0 aliphatic rings. The van der Waals surface area contributed by atoms with Crippen molar-refractivity contribution in [2.75, 3.05) is 7.11 Å². The molecule has 0 amide bonds. The topological polar surface area (TPSA) is 52.6 Å². The summed E-state index contributed by atoms with van der Waals surface area (Å²) in [6, 6.07) is 17.7. The molecule has 21 heavy (non-hydrogen) atoms. The fourth-order valence-electron chi connectivity index (χ4n) is 1.96. The van der Waals surface area contributed by atoms with E-state index in [1.165, 1.54) is 7.11 Å². The van der Waals surface area contributed by atoms with Crippen LogP contribution >= 0.6 is 0 Å². The molecule has 4 nitrogen and oxygen atoms in total. The second kappa shape index (κ2) is 6.81. The smallest absolute Gasteiger partial charge is 0.351 e. The molecule has 4 heteroatoms. The molecule has 2 rings (SSSR count). The minimum absolute atomic E-state index is 0.0687. The Bertz CT molecular complexity index is 595.